The number of anilines is 6. The van der Waals surface area contributed by atoms with Crippen LogP contribution in [0.4, 0.5) is 34.9 Å². The molecule has 2 amide bonds. The summed E-state index contributed by atoms with van der Waals surface area (Å²) in [5.74, 6) is -6.12. The van der Waals surface area contributed by atoms with E-state index in [0.29, 0.717) is 46.8 Å². The summed E-state index contributed by atoms with van der Waals surface area (Å²) in [6.07, 6.45) is 1.75. The number of amides is 2. The zero-order valence-electron chi connectivity index (χ0n) is 36.2. The molecule has 2 aromatic carbocycles. The third-order valence-corrected chi connectivity index (χ3v) is 9.43. The number of fused-ring (bicyclic) bond motifs is 2. The van der Waals surface area contributed by atoms with Crippen LogP contribution in [0.3, 0.4) is 0 Å². The molecule has 67 heavy (non-hydrogen) atoms. The molecule has 4 heterocycles. The molecule has 0 aliphatic heterocycles. The van der Waals surface area contributed by atoms with E-state index in [9.17, 15) is 39.0 Å². The number of hydrogen-bond donors (Lipinski definition) is 9. The molecule has 0 saturated carbocycles. The van der Waals surface area contributed by atoms with Gasteiger partial charge < -0.3 is 68.6 Å². The zero-order valence-corrected chi connectivity index (χ0v) is 38.2. The predicted molar refractivity (Wildman–Crippen MR) is 234 cm³/mol. The Bertz CT molecular complexity index is 2600. The number of nitrogens with one attached hydrogen (secondary N) is 2. The topological polar surface area (TPSA) is 424 Å². The maximum atomic E-state index is 12.4. The number of hydrogen-bond acceptors (Lipinski definition) is 21. The molecule has 0 fully saturated rings. The molecule has 0 radical (unpaired) electrons. The van der Waals surface area contributed by atoms with Crippen LogP contribution in [-0.4, -0.2) is 117 Å². The van der Waals surface area contributed by atoms with Crippen molar-refractivity contribution in [3.8, 4) is 0 Å². The molecule has 0 unspecified atom stereocenters. The van der Waals surface area contributed by atoms with Crippen molar-refractivity contribution in [2.75, 3.05) is 46.8 Å². The van der Waals surface area contributed by atoms with Gasteiger partial charge in [0.05, 0.1) is 36.9 Å². The fourth-order valence-corrected chi connectivity index (χ4v) is 6.05. The van der Waals surface area contributed by atoms with Crippen molar-refractivity contribution in [3.05, 3.63) is 83.4 Å². The molecule has 2 atom stereocenters. The number of aliphatic carboxylic acids is 4. The van der Waals surface area contributed by atoms with Crippen LogP contribution in [0.2, 0.25) is 0 Å². The second-order valence-corrected chi connectivity index (χ2v) is 14.4. The van der Waals surface area contributed by atoms with Crippen LogP contribution in [0.1, 0.15) is 57.8 Å². The van der Waals surface area contributed by atoms with E-state index in [1.54, 1.807) is 36.7 Å². The van der Waals surface area contributed by atoms with E-state index in [1.807, 2.05) is 23.9 Å². The number of carboxylic acids is 4. The summed E-state index contributed by atoms with van der Waals surface area (Å²) < 4.78 is 0. The van der Waals surface area contributed by atoms with Gasteiger partial charge in [0.1, 0.15) is 12.1 Å². The molecular formula is C40H43N16NaO10. The largest absolute Gasteiger partial charge is 1.00 e. The van der Waals surface area contributed by atoms with E-state index in [0.717, 1.165) is 11.4 Å². The van der Waals surface area contributed by atoms with E-state index in [-0.39, 0.29) is 83.5 Å². The van der Waals surface area contributed by atoms with E-state index in [4.69, 9.17) is 33.1 Å². The molecular weight excluding hydrogens is 888 g/mol. The van der Waals surface area contributed by atoms with E-state index >= 15 is 0 Å². The van der Waals surface area contributed by atoms with Crippen LogP contribution in [0.15, 0.2) is 60.9 Å². The smallest absolute Gasteiger partial charge is 0.550 e. The molecule has 0 bridgehead atoms. The Morgan fingerprint density at radius 1 is 0.597 bits per heavy atom. The van der Waals surface area contributed by atoms with Gasteiger partial charge in [-0.05, 0) is 67.8 Å². The van der Waals surface area contributed by atoms with Crippen LogP contribution in [0, 0.1) is 0 Å². The van der Waals surface area contributed by atoms with Gasteiger partial charge in [0.25, 0.3) is 11.8 Å². The Kier molecular flexibility index (Phi) is 17.8. The molecule has 26 nitrogen and oxygen atoms in total. The number of carbonyl (C=O) groups is 6. The van der Waals surface area contributed by atoms with Gasteiger partial charge in [-0.2, -0.15) is 19.9 Å². The van der Waals surface area contributed by atoms with Crippen LogP contribution in [0.5, 0.6) is 0 Å². The monoisotopic (exact) mass is 930 g/mol. The van der Waals surface area contributed by atoms with Gasteiger partial charge >= 0.3 is 47.5 Å². The first kappa shape index (κ1) is 51.5. The molecule has 4 aromatic heterocycles. The summed E-state index contributed by atoms with van der Waals surface area (Å²) >= 11 is 0. The van der Waals surface area contributed by atoms with Crippen molar-refractivity contribution in [2.24, 2.45) is 0 Å². The fourth-order valence-electron chi connectivity index (χ4n) is 6.05. The summed E-state index contributed by atoms with van der Waals surface area (Å²) in [7, 11) is 3.63. The van der Waals surface area contributed by atoms with Crippen molar-refractivity contribution >= 4 is 92.9 Å². The minimum Gasteiger partial charge on any atom is -0.550 e. The first-order valence-electron chi connectivity index (χ1n) is 19.5. The second-order valence-electron chi connectivity index (χ2n) is 14.4. The van der Waals surface area contributed by atoms with Crippen molar-refractivity contribution in [1.82, 2.24) is 50.5 Å². The number of rotatable bonds is 18. The molecule has 6 aromatic rings. The molecule has 344 valence electrons. The third-order valence-electron chi connectivity index (χ3n) is 9.43. The van der Waals surface area contributed by atoms with Gasteiger partial charge in [-0.15, -0.1) is 0 Å². The van der Waals surface area contributed by atoms with E-state index in [1.165, 1.54) is 24.3 Å². The van der Waals surface area contributed by atoms with Crippen LogP contribution in [0.25, 0.3) is 22.3 Å². The van der Waals surface area contributed by atoms with Crippen LogP contribution < -0.4 is 78.0 Å². The Hall–Kier alpha value is -8.10. The SMILES string of the molecule is CN(Cc1cnc2nc(N)nc(N)c2n1)c1ccc(C(=O)N[C@@H](CCC(=O)O)C(=O)O)cc1.CN(Cc1cnc2nc(N)nc(N)c2n1)c1ccc(C(=O)N[C@@H](CCC(=O)[O-])C(=O)O)cc1.[Na+]. The van der Waals surface area contributed by atoms with Crippen molar-refractivity contribution < 1.29 is 78.8 Å². The molecule has 0 saturated heterocycles. The van der Waals surface area contributed by atoms with Gasteiger partial charge in [-0.25, -0.2) is 29.5 Å². The first-order valence-corrected chi connectivity index (χ1v) is 19.5. The Morgan fingerprint density at radius 3 is 1.31 bits per heavy atom. The summed E-state index contributed by atoms with van der Waals surface area (Å²) in [5, 5.41) is 42.3. The van der Waals surface area contributed by atoms with Gasteiger partial charge in [0.15, 0.2) is 34.0 Å². The van der Waals surface area contributed by atoms with Crippen molar-refractivity contribution in [1.29, 1.82) is 0 Å². The Labute approximate surface area is 401 Å². The Morgan fingerprint density at radius 2 is 0.970 bits per heavy atom. The average molecular weight is 931 g/mol. The van der Waals surface area contributed by atoms with Gasteiger partial charge in [-0.1, -0.05) is 0 Å². The molecule has 6 rings (SSSR count). The normalized spacial score (nSPS) is 11.5. The molecule has 0 spiro atoms. The summed E-state index contributed by atoms with van der Waals surface area (Å²) in [5.41, 5.74) is 27.3. The minimum atomic E-state index is -1.39. The number of nitrogen functional groups attached to an aromatic ring is 4. The van der Waals surface area contributed by atoms with Crippen molar-refractivity contribution in [2.45, 2.75) is 50.9 Å². The molecule has 13 N–H and O–H groups in total. The maximum absolute atomic E-state index is 12.4. The molecule has 27 heteroatoms. The summed E-state index contributed by atoms with van der Waals surface area (Å²) in [4.78, 5) is 105. The number of nitrogens with zero attached hydrogens (tertiary/aromatic N) is 10. The van der Waals surface area contributed by atoms with Gasteiger partial charge in [-0.3, -0.25) is 14.4 Å². The zero-order chi connectivity index (χ0) is 48.2. The fraction of sp³-hybridized carbons (Fsp3) is 0.250. The number of benzene rings is 2. The van der Waals surface area contributed by atoms with Gasteiger partial charge in [0.2, 0.25) is 11.9 Å². The molecule has 0 aliphatic carbocycles. The number of nitrogens with two attached hydrogens (primary N) is 4. The van der Waals surface area contributed by atoms with Gasteiger partial charge in [0, 0.05) is 49.0 Å². The number of carboxylic acid groups (broad SMARTS) is 4. The Balaban J connectivity index is 0.000000288. The predicted octanol–water partition coefficient (Wildman–Crippen LogP) is -3.79. The van der Waals surface area contributed by atoms with Crippen LogP contribution in [-0.2, 0) is 32.3 Å². The second kappa shape index (κ2) is 23.2. The third kappa shape index (κ3) is 14.4. The standard InChI is InChI=1S/2C20H22N8O5.Na/c2*1-28(9-11-8-23-17-15(24-11)16(21)26-20(22)27-17)12-4-2-10(3-5-12)18(31)25-13(19(32)33)6-7-14(29)30;/h2*2-5,8,13H,6-7,9H2,1H3,(H,25,31)(H,29,30)(H,32,33)(H4,21,22,23,26,27);/q;;+1/p-1/t2*13-;/m00./s1. The number of carbonyl (C=O) groups excluding carboxylic acids is 3. The molecule has 0 aliphatic rings. The van der Waals surface area contributed by atoms with Crippen molar-refractivity contribution in [3.63, 3.8) is 0 Å². The summed E-state index contributed by atoms with van der Waals surface area (Å²) in [6.45, 7) is 0.733. The first-order chi connectivity index (χ1) is 31.3. The number of aromatic nitrogens is 8. The van der Waals surface area contributed by atoms with E-state index < -0.39 is 54.2 Å². The maximum Gasteiger partial charge on any atom is 1.00 e. The minimum absolute atomic E-state index is 0. The quantitative estimate of drug-likeness (QED) is 0.0373. The summed E-state index contributed by atoms with van der Waals surface area (Å²) in [6, 6.07) is 10.2. The average Bonchev–Trinajstić information content (AvgIpc) is 3.26. The van der Waals surface area contributed by atoms with E-state index in [2.05, 4.69) is 50.5 Å². The van der Waals surface area contributed by atoms with Crippen LogP contribution >= 0.6 is 0 Å².